The Labute approximate surface area is 118 Å². The molecule has 0 spiro atoms. The van der Waals surface area contributed by atoms with Crippen molar-refractivity contribution in [2.75, 3.05) is 13.6 Å². The highest BCUT2D eigenvalue weighted by Crippen LogP contribution is 2.20. The fourth-order valence-corrected chi connectivity index (χ4v) is 3.24. The zero-order chi connectivity index (χ0) is 15.7. The van der Waals surface area contributed by atoms with Gasteiger partial charge in [-0.25, -0.2) is 13.2 Å². The predicted molar refractivity (Wildman–Crippen MR) is 73.2 cm³/mol. The van der Waals surface area contributed by atoms with Crippen molar-refractivity contribution >= 4 is 16.0 Å². The van der Waals surface area contributed by atoms with Gasteiger partial charge in [0, 0.05) is 26.3 Å². The Hall–Kier alpha value is -1.38. The molecule has 0 unspecified atom stereocenters. The fourth-order valence-electron chi connectivity index (χ4n) is 1.88. The van der Waals surface area contributed by atoms with Crippen molar-refractivity contribution < 1.29 is 23.4 Å². The number of aryl methyl sites for hydroxylation is 1. The molecule has 1 rings (SSSR count). The van der Waals surface area contributed by atoms with Crippen LogP contribution in [0.25, 0.3) is 0 Å². The van der Waals surface area contributed by atoms with Crippen LogP contribution in [0.5, 0.6) is 0 Å². The van der Waals surface area contributed by atoms with Gasteiger partial charge in [0.15, 0.2) is 0 Å². The second-order valence-electron chi connectivity index (χ2n) is 5.23. The number of carboxylic acid groups (broad SMARTS) is 1. The summed E-state index contributed by atoms with van der Waals surface area (Å²) in [5.74, 6) is -1.18. The molecule has 0 saturated heterocycles. The maximum Gasteiger partial charge on any atom is 0.352 e. The van der Waals surface area contributed by atoms with E-state index in [0.717, 1.165) is 10.4 Å². The number of hydrogen-bond donors (Lipinski definition) is 2. The number of nitrogens with zero attached hydrogens (tertiary/aromatic N) is 2. The highest BCUT2D eigenvalue weighted by Gasteiger charge is 2.28. The van der Waals surface area contributed by atoms with E-state index in [9.17, 15) is 18.3 Å². The normalized spacial score (nSPS) is 12.9. The Morgan fingerprint density at radius 1 is 1.45 bits per heavy atom. The Kier molecular flexibility index (Phi) is 4.62. The number of aliphatic hydroxyl groups is 1. The summed E-state index contributed by atoms with van der Waals surface area (Å²) >= 11 is 0. The van der Waals surface area contributed by atoms with Crippen molar-refractivity contribution in [2.24, 2.45) is 0 Å². The highest BCUT2D eigenvalue weighted by molar-refractivity contribution is 7.89. The number of likely N-dealkylation sites (N-methyl/N-ethyl adjacent to an activating group) is 1. The summed E-state index contributed by atoms with van der Waals surface area (Å²) in [7, 11) is -2.48. The van der Waals surface area contributed by atoms with E-state index in [0.29, 0.717) is 6.54 Å². The zero-order valence-electron chi connectivity index (χ0n) is 12.0. The standard InChI is InChI=1S/C12H20N2O5S/c1-5-14-7-9(6-10(14)11(15)16)20(18,19)13(4)8-12(2,3)17/h6-7,17H,5,8H2,1-4H3,(H,15,16). The van der Waals surface area contributed by atoms with E-state index in [1.54, 1.807) is 6.92 Å². The molecular formula is C12H20N2O5S. The average Bonchev–Trinajstić information content (AvgIpc) is 2.70. The van der Waals surface area contributed by atoms with E-state index >= 15 is 0 Å². The van der Waals surface area contributed by atoms with Crippen molar-refractivity contribution in [3.05, 3.63) is 18.0 Å². The van der Waals surface area contributed by atoms with Crippen molar-refractivity contribution in [1.82, 2.24) is 8.87 Å². The second kappa shape index (κ2) is 5.55. The summed E-state index contributed by atoms with van der Waals surface area (Å²) in [6.07, 6.45) is 1.29. The molecule has 0 aromatic carbocycles. The molecule has 0 radical (unpaired) electrons. The molecule has 7 nitrogen and oxygen atoms in total. The molecule has 0 saturated carbocycles. The van der Waals surface area contributed by atoms with Crippen molar-refractivity contribution in [1.29, 1.82) is 0 Å². The lowest BCUT2D eigenvalue weighted by Crippen LogP contribution is -2.39. The molecule has 0 bridgehead atoms. The minimum absolute atomic E-state index is 0.0808. The molecule has 20 heavy (non-hydrogen) atoms. The maximum atomic E-state index is 12.3. The van der Waals surface area contributed by atoms with Gasteiger partial charge in [-0.3, -0.25) is 0 Å². The van der Waals surface area contributed by atoms with Gasteiger partial charge in [-0.15, -0.1) is 0 Å². The van der Waals surface area contributed by atoms with Gasteiger partial charge in [-0.1, -0.05) is 0 Å². The van der Waals surface area contributed by atoms with Crippen LogP contribution in [0.3, 0.4) is 0 Å². The first kappa shape index (κ1) is 16.7. The summed E-state index contributed by atoms with van der Waals surface area (Å²) in [4.78, 5) is 11.0. The van der Waals surface area contributed by atoms with Crippen LogP contribution in [0.4, 0.5) is 0 Å². The molecule has 0 amide bonds. The van der Waals surface area contributed by atoms with Gasteiger partial charge in [-0.05, 0) is 26.8 Å². The Morgan fingerprint density at radius 2 is 2.00 bits per heavy atom. The van der Waals surface area contributed by atoms with E-state index in [2.05, 4.69) is 0 Å². The van der Waals surface area contributed by atoms with Crippen LogP contribution in [0.1, 0.15) is 31.3 Å². The van der Waals surface area contributed by atoms with Crippen molar-refractivity contribution in [3.8, 4) is 0 Å². The van der Waals surface area contributed by atoms with Crippen LogP contribution < -0.4 is 0 Å². The van der Waals surface area contributed by atoms with E-state index in [4.69, 9.17) is 5.11 Å². The third kappa shape index (κ3) is 3.59. The third-order valence-electron chi connectivity index (χ3n) is 2.75. The van der Waals surface area contributed by atoms with Crippen LogP contribution in [0, 0.1) is 0 Å². The van der Waals surface area contributed by atoms with E-state index in [-0.39, 0.29) is 17.1 Å². The van der Waals surface area contributed by atoms with Crippen LogP contribution >= 0.6 is 0 Å². The number of sulfonamides is 1. The van der Waals surface area contributed by atoms with Gasteiger partial charge in [0.2, 0.25) is 10.0 Å². The predicted octanol–water partition coefficient (Wildman–Crippen LogP) is 0.598. The summed E-state index contributed by atoms with van der Waals surface area (Å²) in [6.45, 7) is 4.99. The Bertz CT molecular complexity index is 598. The number of hydrogen-bond acceptors (Lipinski definition) is 4. The molecule has 8 heteroatoms. The number of aromatic nitrogens is 1. The molecular weight excluding hydrogens is 284 g/mol. The van der Waals surface area contributed by atoms with Crippen molar-refractivity contribution in [2.45, 2.75) is 37.8 Å². The first-order chi connectivity index (χ1) is 8.99. The number of carbonyl (C=O) groups is 1. The van der Waals surface area contributed by atoms with E-state index in [1.165, 1.54) is 31.7 Å². The molecule has 1 aromatic rings. The first-order valence-electron chi connectivity index (χ1n) is 6.11. The minimum Gasteiger partial charge on any atom is -0.477 e. The average molecular weight is 304 g/mol. The van der Waals surface area contributed by atoms with Gasteiger partial charge in [0.1, 0.15) is 10.6 Å². The summed E-state index contributed by atoms with van der Waals surface area (Å²) in [5, 5.41) is 18.7. The van der Waals surface area contributed by atoms with Crippen LogP contribution in [0.2, 0.25) is 0 Å². The van der Waals surface area contributed by atoms with Crippen molar-refractivity contribution in [3.63, 3.8) is 0 Å². The molecule has 2 N–H and O–H groups in total. The van der Waals surface area contributed by atoms with E-state index in [1.807, 2.05) is 0 Å². The topological polar surface area (TPSA) is 99.8 Å². The van der Waals surface area contributed by atoms with Gasteiger partial charge >= 0.3 is 5.97 Å². The largest absolute Gasteiger partial charge is 0.477 e. The zero-order valence-corrected chi connectivity index (χ0v) is 12.8. The molecule has 0 aliphatic carbocycles. The minimum atomic E-state index is -3.83. The molecule has 0 fully saturated rings. The molecule has 1 heterocycles. The summed E-state index contributed by atoms with van der Waals surface area (Å²) in [6, 6.07) is 1.13. The lowest BCUT2D eigenvalue weighted by Gasteiger charge is -2.24. The molecule has 1 aromatic heterocycles. The SMILES string of the molecule is CCn1cc(S(=O)(=O)N(C)CC(C)(C)O)cc1C(=O)O. The molecule has 0 atom stereocenters. The summed E-state index contributed by atoms with van der Waals surface area (Å²) < 4.78 is 27.0. The molecule has 114 valence electrons. The summed E-state index contributed by atoms with van der Waals surface area (Å²) in [5.41, 5.74) is -1.26. The van der Waals surface area contributed by atoms with Crippen LogP contribution in [-0.2, 0) is 16.6 Å². The fraction of sp³-hybridized carbons (Fsp3) is 0.583. The van der Waals surface area contributed by atoms with Gasteiger partial charge in [0.05, 0.1) is 5.60 Å². The third-order valence-corrected chi connectivity index (χ3v) is 4.52. The maximum absolute atomic E-state index is 12.3. The number of rotatable bonds is 6. The first-order valence-corrected chi connectivity index (χ1v) is 7.55. The highest BCUT2D eigenvalue weighted by atomic mass is 32.2. The second-order valence-corrected chi connectivity index (χ2v) is 7.27. The lowest BCUT2D eigenvalue weighted by molar-refractivity contribution is 0.0638. The Morgan fingerprint density at radius 3 is 2.35 bits per heavy atom. The van der Waals surface area contributed by atoms with Gasteiger partial charge in [0.25, 0.3) is 0 Å². The molecule has 0 aliphatic rings. The van der Waals surface area contributed by atoms with Gasteiger partial charge in [-0.2, -0.15) is 4.31 Å². The molecule has 0 aliphatic heterocycles. The number of carboxylic acids is 1. The van der Waals surface area contributed by atoms with Gasteiger partial charge < -0.3 is 14.8 Å². The number of aromatic carboxylic acids is 1. The lowest BCUT2D eigenvalue weighted by atomic mass is 10.1. The smallest absolute Gasteiger partial charge is 0.352 e. The Balaban J connectivity index is 3.19. The van der Waals surface area contributed by atoms with Crippen LogP contribution in [0.15, 0.2) is 17.2 Å². The monoisotopic (exact) mass is 304 g/mol. The van der Waals surface area contributed by atoms with E-state index < -0.39 is 21.6 Å². The quantitative estimate of drug-likeness (QED) is 0.801. The van der Waals surface area contributed by atoms with Crippen LogP contribution in [-0.4, -0.2) is 52.7 Å².